The van der Waals surface area contributed by atoms with E-state index < -0.39 is 22.3 Å². The number of hydrogen-bond donors (Lipinski definition) is 2. The summed E-state index contributed by atoms with van der Waals surface area (Å²) in [4.78, 5) is 22.7. The lowest BCUT2D eigenvalue weighted by molar-refractivity contribution is -0.387. The van der Waals surface area contributed by atoms with Crippen LogP contribution in [0.5, 0.6) is 5.75 Å². The molecule has 0 fully saturated rings. The van der Waals surface area contributed by atoms with Gasteiger partial charge in [-0.2, -0.15) is 4.39 Å². The SMILES string of the molecule is COc1c(C(=O)NC(=S)Nc2ccc(F)c([N+](=O)[O-])c2)cc2ccccc2c1Br. The van der Waals surface area contributed by atoms with E-state index in [1.165, 1.54) is 13.2 Å². The fourth-order valence-electron chi connectivity index (χ4n) is 2.72. The molecule has 0 aliphatic rings. The quantitative estimate of drug-likeness (QED) is 0.319. The van der Waals surface area contributed by atoms with Gasteiger partial charge in [-0.15, -0.1) is 0 Å². The van der Waals surface area contributed by atoms with E-state index in [9.17, 15) is 19.3 Å². The molecule has 0 unspecified atom stereocenters. The van der Waals surface area contributed by atoms with E-state index in [0.717, 1.165) is 22.9 Å². The Balaban J connectivity index is 1.84. The maximum atomic E-state index is 13.4. The second-order valence-corrected chi connectivity index (χ2v) is 7.03. The Morgan fingerprint density at radius 3 is 2.66 bits per heavy atom. The van der Waals surface area contributed by atoms with Crippen LogP contribution in [0.15, 0.2) is 53.0 Å². The molecule has 2 N–H and O–H groups in total. The van der Waals surface area contributed by atoms with Crippen LogP contribution in [0, 0.1) is 15.9 Å². The fourth-order valence-corrected chi connectivity index (χ4v) is 3.66. The average Bonchev–Trinajstić information content (AvgIpc) is 2.69. The van der Waals surface area contributed by atoms with Crippen LogP contribution >= 0.6 is 28.1 Å². The van der Waals surface area contributed by atoms with Crippen molar-refractivity contribution in [2.24, 2.45) is 0 Å². The van der Waals surface area contributed by atoms with Crippen molar-refractivity contribution in [1.29, 1.82) is 0 Å². The van der Waals surface area contributed by atoms with Crippen LogP contribution in [0.2, 0.25) is 0 Å². The number of carbonyl (C=O) groups excluding carboxylic acids is 1. The van der Waals surface area contributed by atoms with Crippen LogP contribution in [-0.4, -0.2) is 23.1 Å². The lowest BCUT2D eigenvalue weighted by Gasteiger charge is -2.14. The van der Waals surface area contributed by atoms with Gasteiger partial charge in [0.05, 0.1) is 22.1 Å². The highest BCUT2D eigenvalue weighted by atomic mass is 79.9. The molecule has 0 aliphatic heterocycles. The number of hydrogen-bond acceptors (Lipinski definition) is 5. The van der Waals surface area contributed by atoms with E-state index >= 15 is 0 Å². The van der Waals surface area contributed by atoms with Gasteiger partial charge in [-0.05, 0) is 57.1 Å². The molecule has 0 radical (unpaired) electrons. The molecule has 0 atom stereocenters. The van der Waals surface area contributed by atoms with E-state index in [4.69, 9.17) is 17.0 Å². The molecule has 10 heteroatoms. The number of thiocarbonyl (C=S) groups is 1. The molecule has 0 heterocycles. The Bertz CT molecular complexity index is 1160. The summed E-state index contributed by atoms with van der Waals surface area (Å²) in [6, 6.07) is 12.3. The van der Waals surface area contributed by atoms with Gasteiger partial charge in [-0.3, -0.25) is 20.2 Å². The Kier molecular flexibility index (Phi) is 6.04. The normalized spacial score (nSPS) is 10.4. The fraction of sp³-hybridized carbons (Fsp3) is 0.0526. The summed E-state index contributed by atoms with van der Waals surface area (Å²) in [6.07, 6.45) is 0. The first-order valence-electron chi connectivity index (χ1n) is 8.13. The molecule has 29 heavy (non-hydrogen) atoms. The minimum Gasteiger partial charge on any atom is -0.495 e. The first-order valence-corrected chi connectivity index (χ1v) is 9.33. The Labute approximate surface area is 178 Å². The van der Waals surface area contributed by atoms with Crippen molar-refractivity contribution >= 4 is 61.3 Å². The van der Waals surface area contributed by atoms with E-state index in [0.29, 0.717) is 10.2 Å². The molecular formula is C19H13BrFN3O4S. The Morgan fingerprint density at radius 2 is 1.97 bits per heavy atom. The third-order valence-corrected chi connectivity index (χ3v) is 5.01. The number of fused-ring (bicyclic) bond motifs is 1. The minimum atomic E-state index is -0.971. The summed E-state index contributed by atoms with van der Waals surface area (Å²) in [6.45, 7) is 0. The van der Waals surface area contributed by atoms with Crippen LogP contribution in [0.3, 0.4) is 0 Å². The monoisotopic (exact) mass is 477 g/mol. The van der Waals surface area contributed by atoms with Crippen molar-refractivity contribution in [3.8, 4) is 5.75 Å². The first-order chi connectivity index (χ1) is 13.8. The van der Waals surface area contributed by atoms with Crippen molar-refractivity contribution in [1.82, 2.24) is 5.32 Å². The number of carbonyl (C=O) groups is 1. The number of ether oxygens (including phenoxy) is 1. The minimum absolute atomic E-state index is 0.109. The summed E-state index contributed by atoms with van der Waals surface area (Å²) in [5.41, 5.74) is -0.299. The molecule has 0 aromatic heterocycles. The smallest absolute Gasteiger partial charge is 0.306 e. The lowest BCUT2D eigenvalue weighted by atomic mass is 10.1. The molecular weight excluding hydrogens is 465 g/mol. The van der Waals surface area contributed by atoms with Crippen LogP contribution in [0.1, 0.15) is 10.4 Å². The molecule has 0 saturated heterocycles. The maximum absolute atomic E-state index is 13.4. The summed E-state index contributed by atoms with van der Waals surface area (Å²) in [7, 11) is 1.44. The third kappa shape index (κ3) is 4.33. The number of methoxy groups -OCH3 is 1. The number of nitrogens with zero attached hydrogens (tertiary/aromatic N) is 1. The molecule has 3 rings (SSSR count). The second-order valence-electron chi connectivity index (χ2n) is 5.82. The zero-order valence-electron chi connectivity index (χ0n) is 14.9. The topological polar surface area (TPSA) is 93.5 Å². The standard InChI is InChI=1S/C19H13BrFN3O4S/c1-28-17-13(8-10-4-2-3-5-12(10)16(17)20)18(25)23-19(29)22-11-6-7-14(21)15(9-11)24(26)27/h2-9H,1H3,(H2,22,23,25,29). The number of amides is 1. The van der Waals surface area contributed by atoms with Crippen LogP contribution in [-0.2, 0) is 0 Å². The van der Waals surface area contributed by atoms with Crippen molar-refractivity contribution in [3.05, 3.63) is 74.5 Å². The maximum Gasteiger partial charge on any atom is 0.306 e. The number of benzene rings is 3. The van der Waals surface area contributed by atoms with E-state index in [-0.39, 0.29) is 16.4 Å². The number of anilines is 1. The van der Waals surface area contributed by atoms with Gasteiger partial charge in [0.15, 0.2) is 5.11 Å². The molecule has 3 aromatic carbocycles. The van der Waals surface area contributed by atoms with Gasteiger partial charge < -0.3 is 10.1 Å². The summed E-state index contributed by atoms with van der Waals surface area (Å²) < 4.78 is 19.4. The van der Waals surface area contributed by atoms with Crippen molar-refractivity contribution in [2.75, 3.05) is 12.4 Å². The van der Waals surface area contributed by atoms with Crippen molar-refractivity contribution < 1.29 is 18.8 Å². The van der Waals surface area contributed by atoms with E-state index in [2.05, 4.69) is 26.6 Å². The van der Waals surface area contributed by atoms with E-state index in [1.807, 2.05) is 24.3 Å². The zero-order chi connectivity index (χ0) is 21.1. The molecule has 0 spiro atoms. The Morgan fingerprint density at radius 1 is 1.24 bits per heavy atom. The highest BCUT2D eigenvalue weighted by Crippen LogP contribution is 2.36. The molecule has 0 bridgehead atoms. The van der Waals surface area contributed by atoms with Gasteiger partial charge in [0.2, 0.25) is 5.82 Å². The highest BCUT2D eigenvalue weighted by Gasteiger charge is 2.20. The molecule has 148 valence electrons. The van der Waals surface area contributed by atoms with Gasteiger partial charge in [-0.25, -0.2) is 0 Å². The van der Waals surface area contributed by atoms with Crippen LogP contribution < -0.4 is 15.4 Å². The first kappa shape index (κ1) is 20.6. The van der Waals surface area contributed by atoms with E-state index in [1.54, 1.807) is 6.07 Å². The van der Waals surface area contributed by atoms with Gasteiger partial charge in [-0.1, -0.05) is 24.3 Å². The van der Waals surface area contributed by atoms with Gasteiger partial charge >= 0.3 is 5.69 Å². The number of nitro groups is 1. The lowest BCUT2D eigenvalue weighted by Crippen LogP contribution is -2.34. The molecule has 0 saturated carbocycles. The highest BCUT2D eigenvalue weighted by molar-refractivity contribution is 9.10. The summed E-state index contributed by atoms with van der Waals surface area (Å²) in [5, 5.41) is 17.6. The predicted octanol–water partition coefficient (Wildman–Crippen LogP) is 4.79. The predicted molar refractivity (Wildman–Crippen MR) is 115 cm³/mol. The number of rotatable bonds is 4. The summed E-state index contributed by atoms with van der Waals surface area (Å²) >= 11 is 8.56. The average molecular weight is 478 g/mol. The molecule has 7 nitrogen and oxygen atoms in total. The van der Waals surface area contributed by atoms with Crippen molar-refractivity contribution in [2.45, 2.75) is 0 Å². The van der Waals surface area contributed by atoms with Gasteiger partial charge in [0, 0.05) is 11.8 Å². The number of nitro benzene ring substituents is 1. The molecule has 0 aliphatic carbocycles. The zero-order valence-corrected chi connectivity index (χ0v) is 17.3. The Hall–Kier alpha value is -3.11. The number of nitrogens with one attached hydrogen (secondary N) is 2. The third-order valence-electron chi connectivity index (χ3n) is 4.02. The number of halogens is 2. The largest absolute Gasteiger partial charge is 0.495 e. The van der Waals surface area contributed by atoms with Gasteiger partial charge in [0.1, 0.15) is 5.75 Å². The van der Waals surface area contributed by atoms with Gasteiger partial charge in [0.25, 0.3) is 5.91 Å². The molecule has 3 aromatic rings. The summed E-state index contributed by atoms with van der Waals surface area (Å²) in [5.74, 6) is -1.18. The van der Waals surface area contributed by atoms with Crippen LogP contribution in [0.25, 0.3) is 10.8 Å². The van der Waals surface area contributed by atoms with Crippen LogP contribution in [0.4, 0.5) is 15.8 Å². The molecule has 1 amide bonds. The second kappa shape index (κ2) is 8.50. The van der Waals surface area contributed by atoms with Crippen molar-refractivity contribution in [3.63, 3.8) is 0 Å².